The van der Waals surface area contributed by atoms with E-state index in [9.17, 15) is 9.59 Å². The zero-order chi connectivity index (χ0) is 20.1. The molecule has 156 valence electrons. The van der Waals surface area contributed by atoms with E-state index in [4.69, 9.17) is 4.74 Å². The predicted octanol–water partition coefficient (Wildman–Crippen LogP) is 3.92. The fourth-order valence-corrected chi connectivity index (χ4v) is 7.63. The molecular weight excluding hydrogens is 364 g/mol. The number of hydrogen-bond acceptors (Lipinski definition) is 4. The second-order valence-electron chi connectivity index (χ2n) is 10.6. The molecule has 4 saturated carbocycles. The molecule has 5 aliphatic rings. The van der Waals surface area contributed by atoms with E-state index < -0.39 is 11.5 Å². The molecule has 0 spiro atoms. The average molecular weight is 397 g/mol. The largest absolute Gasteiger partial charge is 0.415 e. The molecule has 5 heteroatoms. The number of amides is 1. The third-order valence-corrected chi connectivity index (χ3v) is 7.97. The van der Waals surface area contributed by atoms with Crippen molar-refractivity contribution in [3.8, 4) is 0 Å². The molecule has 0 aromatic heterocycles. The van der Waals surface area contributed by atoms with Crippen LogP contribution in [-0.2, 0) is 14.9 Å². The summed E-state index contributed by atoms with van der Waals surface area (Å²) < 4.78 is 5.45. The van der Waals surface area contributed by atoms with Crippen molar-refractivity contribution in [1.82, 2.24) is 10.6 Å². The standard InChI is InChI=1S/C24H32N2O3/c1-22-10-17-11-23(14-22,18-6-3-2-4-7-18)16-24(12-17,15-22)20(27)29-21(28)26-19-8-5-9-25-13-19/h2-4,6-7,17,19,25H,5,8-16H2,1H3,(H,26,28)/t17-,19-,22-,23-,24-/m1/s1. The number of piperidine rings is 1. The molecule has 5 fully saturated rings. The lowest BCUT2D eigenvalue weighted by molar-refractivity contribution is -0.177. The minimum absolute atomic E-state index is 0.0399. The van der Waals surface area contributed by atoms with Crippen molar-refractivity contribution in [1.29, 1.82) is 0 Å². The van der Waals surface area contributed by atoms with Gasteiger partial charge < -0.3 is 15.4 Å². The highest BCUT2D eigenvalue weighted by Gasteiger charge is 2.65. The van der Waals surface area contributed by atoms with Crippen molar-refractivity contribution in [2.75, 3.05) is 13.1 Å². The Morgan fingerprint density at radius 2 is 1.93 bits per heavy atom. The van der Waals surface area contributed by atoms with Gasteiger partial charge in [0.2, 0.25) is 0 Å². The van der Waals surface area contributed by atoms with Gasteiger partial charge in [0.1, 0.15) is 0 Å². The van der Waals surface area contributed by atoms with Crippen LogP contribution in [0.4, 0.5) is 4.79 Å². The molecule has 0 radical (unpaired) electrons. The first-order valence-electron chi connectivity index (χ1n) is 11.2. The highest BCUT2D eigenvalue weighted by atomic mass is 16.6. The summed E-state index contributed by atoms with van der Waals surface area (Å²) >= 11 is 0. The Balaban J connectivity index is 1.36. The maximum atomic E-state index is 13.4. The number of rotatable bonds is 3. The van der Waals surface area contributed by atoms with E-state index >= 15 is 0 Å². The molecule has 1 aromatic rings. The Labute approximate surface area is 173 Å². The molecule has 0 unspecified atom stereocenters. The van der Waals surface area contributed by atoms with Crippen LogP contribution in [-0.4, -0.2) is 31.2 Å². The van der Waals surface area contributed by atoms with Gasteiger partial charge in [-0.3, -0.25) is 4.79 Å². The maximum absolute atomic E-state index is 13.4. The predicted molar refractivity (Wildman–Crippen MR) is 110 cm³/mol. The third kappa shape index (κ3) is 3.37. The molecule has 6 rings (SSSR count). The van der Waals surface area contributed by atoms with Gasteiger partial charge in [0.15, 0.2) is 0 Å². The van der Waals surface area contributed by atoms with Gasteiger partial charge in [-0.15, -0.1) is 0 Å². The second-order valence-corrected chi connectivity index (χ2v) is 10.6. The molecular formula is C24H32N2O3. The van der Waals surface area contributed by atoms with Gasteiger partial charge in [-0.1, -0.05) is 37.3 Å². The lowest BCUT2D eigenvalue weighted by Crippen LogP contribution is -2.61. The number of esters is 1. The summed E-state index contributed by atoms with van der Waals surface area (Å²) in [7, 11) is 0. The van der Waals surface area contributed by atoms with Crippen LogP contribution in [0.5, 0.6) is 0 Å². The van der Waals surface area contributed by atoms with E-state index in [1.807, 2.05) is 0 Å². The minimum Gasteiger partial charge on any atom is -0.376 e. The molecule has 5 nitrogen and oxygen atoms in total. The molecule has 5 atom stereocenters. The molecule has 1 saturated heterocycles. The average Bonchev–Trinajstić information content (AvgIpc) is 2.67. The zero-order valence-corrected chi connectivity index (χ0v) is 17.3. The quantitative estimate of drug-likeness (QED) is 0.600. The van der Waals surface area contributed by atoms with Crippen LogP contribution < -0.4 is 10.6 Å². The van der Waals surface area contributed by atoms with E-state index in [0.717, 1.165) is 58.0 Å². The van der Waals surface area contributed by atoms with Gasteiger partial charge in [-0.05, 0) is 80.2 Å². The van der Waals surface area contributed by atoms with Crippen LogP contribution in [0.1, 0.15) is 63.9 Å². The maximum Gasteiger partial charge on any atom is 0.415 e. The van der Waals surface area contributed by atoms with Crippen molar-refractivity contribution < 1.29 is 14.3 Å². The monoisotopic (exact) mass is 396 g/mol. The van der Waals surface area contributed by atoms with Crippen LogP contribution >= 0.6 is 0 Å². The summed E-state index contributed by atoms with van der Waals surface area (Å²) in [5.41, 5.74) is 1.02. The van der Waals surface area contributed by atoms with Gasteiger partial charge in [0, 0.05) is 12.6 Å². The van der Waals surface area contributed by atoms with Crippen LogP contribution in [0.3, 0.4) is 0 Å². The first-order chi connectivity index (χ1) is 13.9. The zero-order valence-electron chi connectivity index (χ0n) is 17.3. The number of benzene rings is 1. The smallest absolute Gasteiger partial charge is 0.376 e. The number of nitrogens with one attached hydrogen (secondary N) is 2. The molecule has 29 heavy (non-hydrogen) atoms. The summed E-state index contributed by atoms with van der Waals surface area (Å²) in [5.74, 6) is 0.240. The summed E-state index contributed by atoms with van der Waals surface area (Å²) in [6.45, 7) is 4.06. The highest BCUT2D eigenvalue weighted by molar-refractivity contribution is 5.89. The lowest BCUT2D eigenvalue weighted by Gasteiger charge is -2.65. The van der Waals surface area contributed by atoms with Crippen molar-refractivity contribution in [3.63, 3.8) is 0 Å². The fourth-order valence-electron chi connectivity index (χ4n) is 7.63. The molecule has 4 aliphatic carbocycles. The Morgan fingerprint density at radius 3 is 2.66 bits per heavy atom. The summed E-state index contributed by atoms with van der Waals surface area (Å²) in [6, 6.07) is 10.8. The molecule has 1 aromatic carbocycles. The van der Waals surface area contributed by atoms with Crippen molar-refractivity contribution in [2.45, 2.75) is 69.7 Å². The highest BCUT2D eigenvalue weighted by Crippen LogP contribution is 2.70. The SMILES string of the molecule is C[C@]12C[C@H]3C[C@@](C(=O)OC(=O)N[C@@H]4CCCNC4)(C1)C[C@@](c1ccccc1)(C3)C2. The van der Waals surface area contributed by atoms with E-state index in [2.05, 4.69) is 47.9 Å². The van der Waals surface area contributed by atoms with Crippen molar-refractivity contribution in [2.24, 2.45) is 16.7 Å². The molecule has 4 bridgehead atoms. The Morgan fingerprint density at radius 1 is 1.10 bits per heavy atom. The summed E-state index contributed by atoms with van der Waals surface area (Å²) in [6.07, 6.45) is 7.40. The second kappa shape index (κ2) is 6.83. The number of carbonyl (C=O) groups is 2. The Kier molecular flexibility index (Phi) is 4.50. The number of ether oxygens (including phenoxy) is 1. The van der Waals surface area contributed by atoms with Crippen molar-refractivity contribution in [3.05, 3.63) is 35.9 Å². The van der Waals surface area contributed by atoms with E-state index in [0.29, 0.717) is 5.92 Å². The van der Waals surface area contributed by atoms with Crippen LogP contribution in [0.25, 0.3) is 0 Å². The number of carbonyl (C=O) groups excluding carboxylic acids is 2. The molecule has 1 aliphatic heterocycles. The van der Waals surface area contributed by atoms with E-state index in [1.54, 1.807) is 0 Å². The summed E-state index contributed by atoms with van der Waals surface area (Å²) in [5, 5.41) is 6.16. The van der Waals surface area contributed by atoms with Gasteiger partial charge in [0.05, 0.1) is 5.41 Å². The van der Waals surface area contributed by atoms with Gasteiger partial charge in [-0.2, -0.15) is 0 Å². The number of alkyl carbamates (subject to hydrolysis) is 1. The van der Waals surface area contributed by atoms with E-state index in [-0.39, 0.29) is 22.8 Å². The molecule has 1 heterocycles. The van der Waals surface area contributed by atoms with Crippen LogP contribution in [0, 0.1) is 16.7 Å². The van der Waals surface area contributed by atoms with Crippen LogP contribution in [0.2, 0.25) is 0 Å². The topological polar surface area (TPSA) is 67.4 Å². The van der Waals surface area contributed by atoms with Gasteiger partial charge in [-0.25, -0.2) is 4.79 Å². The van der Waals surface area contributed by atoms with Crippen molar-refractivity contribution >= 4 is 12.1 Å². The van der Waals surface area contributed by atoms with Gasteiger partial charge >= 0.3 is 12.1 Å². The molecule has 2 N–H and O–H groups in total. The first-order valence-corrected chi connectivity index (χ1v) is 11.2. The Hall–Kier alpha value is -1.88. The van der Waals surface area contributed by atoms with Gasteiger partial charge in [0.25, 0.3) is 0 Å². The van der Waals surface area contributed by atoms with Crippen LogP contribution in [0.15, 0.2) is 30.3 Å². The first kappa shape index (κ1) is 19.1. The van der Waals surface area contributed by atoms with E-state index in [1.165, 1.54) is 12.0 Å². The fraction of sp³-hybridized carbons (Fsp3) is 0.667. The third-order valence-electron chi connectivity index (χ3n) is 7.97. The minimum atomic E-state index is -0.571. The number of hydrogen-bond donors (Lipinski definition) is 2. The normalized spacial score (nSPS) is 40.4. The molecule has 1 amide bonds. The Bertz CT molecular complexity index is 806. The summed E-state index contributed by atoms with van der Waals surface area (Å²) in [4.78, 5) is 25.8. The lowest BCUT2D eigenvalue weighted by atomic mass is 9.39.